The highest BCUT2D eigenvalue weighted by atomic mass is 16.5. The molecule has 80 valence electrons. The standard InChI is InChI=1S/C11H25NO/c1-5-8-9-10(4)13-11(12,6-2)7-3/h10H,5-9,12H2,1-4H3. The predicted octanol–water partition coefficient (Wildman–Crippen LogP) is 3.06. The Labute approximate surface area is 82.8 Å². The van der Waals surface area contributed by atoms with Crippen LogP contribution in [0, 0.1) is 0 Å². The van der Waals surface area contributed by atoms with Crippen molar-refractivity contribution in [2.75, 3.05) is 0 Å². The van der Waals surface area contributed by atoms with Gasteiger partial charge in [0.25, 0.3) is 0 Å². The molecule has 0 radical (unpaired) electrons. The van der Waals surface area contributed by atoms with Crippen LogP contribution in [0.3, 0.4) is 0 Å². The summed E-state index contributed by atoms with van der Waals surface area (Å²) in [5.41, 5.74) is 5.65. The summed E-state index contributed by atoms with van der Waals surface area (Å²) in [5.74, 6) is 0. The lowest BCUT2D eigenvalue weighted by molar-refractivity contribution is -0.0911. The molecule has 2 N–H and O–H groups in total. The molecule has 0 heterocycles. The average molecular weight is 187 g/mol. The number of nitrogens with two attached hydrogens (primary N) is 1. The molecule has 0 aliphatic carbocycles. The summed E-state index contributed by atoms with van der Waals surface area (Å²) in [5, 5.41) is 0. The van der Waals surface area contributed by atoms with Crippen LogP contribution in [0.5, 0.6) is 0 Å². The van der Waals surface area contributed by atoms with Crippen molar-refractivity contribution >= 4 is 0 Å². The maximum Gasteiger partial charge on any atom is 0.116 e. The molecule has 2 heteroatoms. The van der Waals surface area contributed by atoms with E-state index >= 15 is 0 Å². The first-order chi connectivity index (χ1) is 6.08. The van der Waals surface area contributed by atoms with Crippen LogP contribution in [-0.2, 0) is 4.74 Å². The summed E-state index contributed by atoms with van der Waals surface area (Å²) in [6.45, 7) is 8.47. The molecular formula is C11H25NO. The van der Waals surface area contributed by atoms with Gasteiger partial charge in [-0.1, -0.05) is 33.6 Å². The van der Waals surface area contributed by atoms with Gasteiger partial charge in [0, 0.05) is 0 Å². The van der Waals surface area contributed by atoms with Crippen LogP contribution in [0.1, 0.15) is 59.8 Å². The van der Waals surface area contributed by atoms with Crippen molar-refractivity contribution in [3.05, 3.63) is 0 Å². The molecular weight excluding hydrogens is 162 g/mol. The fourth-order valence-corrected chi connectivity index (χ4v) is 1.37. The molecule has 0 aromatic heterocycles. The molecule has 13 heavy (non-hydrogen) atoms. The molecule has 0 bridgehead atoms. The Morgan fingerprint density at radius 2 is 1.77 bits per heavy atom. The van der Waals surface area contributed by atoms with Crippen LogP contribution in [0.25, 0.3) is 0 Å². The van der Waals surface area contributed by atoms with E-state index in [4.69, 9.17) is 10.5 Å². The number of rotatable bonds is 7. The largest absolute Gasteiger partial charge is 0.358 e. The molecule has 0 aliphatic rings. The van der Waals surface area contributed by atoms with Gasteiger partial charge in [0.05, 0.1) is 6.10 Å². The summed E-state index contributed by atoms with van der Waals surface area (Å²) in [6.07, 6.45) is 5.65. The molecule has 0 saturated heterocycles. The predicted molar refractivity (Wildman–Crippen MR) is 57.6 cm³/mol. The van der Waals surface area contributed by atoms with Gasteiger partial charge in [-0.25, -0.2) is 0 Å². The van der Waals surface area contributed by atoms with Crippen molar-refractivity contribution in [3.8, 4) is 0 Å². The Balaban J connectivity index is 3.79. The van der Waals surface area contributed by atoms with Crippen molar-refractivity contribution in [2.24, 2.45) is 5.73 Å². The van der Waals surface area contributed by atoms with Crippen LogP contribution < -0.4 is 5.73 Å². The number of hydrogen-bond donors (Lipinski definition) is 1. The van der Waals surface area contributed by atoms with Gasteiger partial charge < -0.3 is 10.5 Å². The third-order valence-corrected chi connectivity index (χ3v) is 2.60. The van der Waals surface area contributed by atoms with Crippen molar-refractivity contribution in [1.82, 2.24) is 0 Å². The first kappa shape index (κ1) is 12.9. The normalized spacial score (nSPS) is 14.5. The Morgan fingerprint density at radius 3 is 2.15 bits per heavy atom. The summed E-state index contributed by atoms with van der Waals surface area (Å²) in [6, 6.07) is 0. The highest BCUT2D eigenvalue weighted by Crippen LogP contribution is 2.17. The van der Waals surface area contributed by atoms with Crippen molar-refractivity contribution in [1.29, 1.82) is 0 Å². The molecule has 0 aliphatic heterocycles. The molecule has 0 fully saturated rings. The van der Waals surface area contributed by atoms with Crippen LogP contribution in [0.4, 0.5) is 0 Å². The summed E-state index contributed by atoms with van der Waals surface area (Å²) in [7, 11) is 0. The minimum absolute atomic E-state index is 0.296. The lowest BCUT2D eigenvalue weighted by atomic mass is 10.1. The van der Waals surface area contributed by atoms with E-state index < -0.39 is 5.72 Å². The van der Waals surface area contributed by atoms with E-state index in [1.165, 1.54) is 12.8 Å². The van der Waals surface area contributed by atoms with Gasteiger partial charge in [-0.3, -0.25) is 0 Å². The third-order valence-electron chi connectivity index (χ3n) is 2.60. The molecule has 0 amide bonds. The van der Waals surface area contributed by atoms with E-state index in [2.05, 4.69) is 27.7 Å². The monoisotopic (exact) mass is 187 g/mol. The Bertz CT molecular complexity index is 121. The van der Waals surface area contributed by atoms with Gasteiger partial charge in [0.2, 0.25) is 0 Å². The fraction of sp³-hybridized carbons (Fsp3) is 1.00. The molecule has 0 aromatic carbocycles. The minimum Gasteiger partial charge on any atom is -0.358 e. The first-order valence-corrected chi connectivity index (χ1v) is 5.54. The second kappa shape index (κ2) is 6.39. The van der Waals surface area contributed by atoms with Gasteiger partial charge in [0.1, 0.15) is 5.72 Å². The second-order valence-corrected chi connectivity index (χ2v) is 3.84. The molecule has 1 atom stereocenters. The number of hydrogen-bond acceptors (Lipinski definition) is 2. The summed E-state index contributed by atoms with van der Waals surface area (Å²) in [4.78, 5) is 0. The van der Waals surface area contributed by atoms with E-state index in [9.17, 15) is 0 Å². The Morgan fingerprint density at radius 1 is 1.23 bits per heavy atom. The first-order valence-electron chi connectivity index (χ1n) is 5.54. The molecule has 1 unspecified atom stereocenters. The zero-order valence-electron chi connectivity index (χ0n) is 9.60. The average Bonchev–Trinajstić information content (AvgIpc) is 2.14. The highest BCUT2D eigenvalue weighted by Gasteiger charge is 2.23. The van der Waals surface area contributed by atoms with Gasteiger partial charge in [-0.15, -0.1) is 0 Å². The number of ether oxygens (including phenoxy) is 1. The Hall–Kier alpha value is -0.0800. The minimum atomic E-state index is -0.396. The maximum atomic E-state index is 6.05. The zero-order chi connectivity index (χ0) is 10.3. The van der Waals surface area contributed by atoms with E-state index in [1.54, 1.807) is 0 Å². The van der Waals surface area contributed by atoms with Gasteiger partial charge in [0.15, 0.2) is 0 Å². The maximum absolute atomic E-state index is 6.05. The highest BCUT2D eigenvalue weighted by molar-refractivity contribution is 4.70. The van der Waals surface area contributed by atoms with Gasteiger partial charge in [-0.05, 0) is 26.2 Å². The fourth-order valence-electron chi connectivity index (χ4n) is 1.37. The molecule has 0 saturated carbocycles. The van der Waals surface area contributed by atoms with Crippen molar-refractivity contribution < 1.29 is 4.74 Å². The SMILES string of the molecule is CCCCC(C)OC(N)(CC)CC. The molecule has 0 rings (SSSR count). The Kier molecular flexibility index (Phi) is 6.35. The topological polar surface area (TPSA) is 35.2 Å². The van der Waals surface area contributed by atoms with E-state index in [1.807, 2.05) is 0 Å². The number of unbranched alkanes of at least 4 members (excludes halogenated alkanes) is 1. The van der Waals surface area contributed by atoms with Crippen LogP contribution in [-0.4, -0.2) is 11.8 Å². The molecule has 0 spiro atoms. The van der Waals surface area contributed by atoms with Crippen molar-refractivity contribution in [3.63, 3.8) is 0 Å². The second-order valence-electron chi connectivity index (χ2n) is 3.84. The van der Waals surface area contributed by atoms with E-state index in [0.29, 0.717) is 6.10 Å². The van der Waals surface area contributed by atoms with E-state index in [-0.39, 0.29) is 0 Å². The zero-order valence-corrected chi connectivity index (χ0v) is 9.60. The smallest absolute Gasteiger partial charge is 0.116 e. The summed E-state index contributed by atoms with van der Waals surface area (Å²) >= 11 is 0. The quantitative estimate of drug-likeness (QED) is 0.622. The molecule has 0 aromatic rings. The summed E-state index contributed by atoms with van der Waals surface area (Å²) < 4.78 is 5.82. The van der Waals surface area contributed by atoms with Gasteiger partial charge in [-0.2, -0.15) is 0 Å². The molecule has 2 nitrogen and oxygen atoms in total. The van der Waals surface area contributed by atoms with Crippen LogP contribution >= 0.6 is 0 Å². The lowest BCUT2D eigenvalue weighted by Gasteiger charge is -2.30. The third kappa shape index (κ3) is 5.27. The van der Waals surface area contributed by atoms with Crippen LogP contribution in [0.15, 0.2) is 0 Å². The van der Waals surface area contributed by atoms with Gasteiger partial charge >= 0.3 is 0 Å². The lowest BCUT2D eigenvalue weighted by Crippen LogP contribution is -2.43. The van der Waals surface area contributed by atoms with E-state index in [0.717, 1.165) is 19.3 Å². The van der Waals surface area contributed by atoms with Crippen LogP contribution in [0.2, 0.25) is 0 Å². The van der Waals surface area contributed by atoms with Crippen molar-refractivity contribution in [2.45, 2.75) is 71.6 Å².